The molecule has 0 aliphatic rings. The molecule has 0 saturated carbocycles. The summed E-state index contributed by atoms with van der Waals surface area (Å²) < 4.78 is 2.20. The number of carbonyl (C=O) groups is 2. The topological polar surface area (TPSA) is 39.1 Å². The summed E-state index contributed by atoms with van der Waals surface area (Å²) in [6.07, 6.45) is 5.43. The maximum absolute atomic E-state index is 13.6. The van der Waals surface area contributed by atoms with Crippen LogP contribution in [0, 0.1) is 0 Å². The van der Waals surface area contributed by atoms with Crippen LogP contribution in [0.1, 0.15) is 59.4 Å². The standard InChI is InChI=1S/C26H25NO2/c1-3-4-9-16-27-17-24(22-12-7-8-13-25(22)27)26(29)23-15-14-19(18(2)28)20-10-5-6-11-21(20)23/h5-8,10-15,17H,3-4,9,16H2,1-2H3. The second-order valence-corrected chi connectivity index (χ2v) is 7.55. The fourth-order valence-corrected chi connectivity index (χ4v) is 4.09. The van der Waals surface area contributed by atoms with E-state index in [9.17, 15) is 9.59 Å². The van der Waals surface area contributed by atoms with Gasteiger partial charge in [0.15, 0.2) is 11.6 Å². The molecule has 4 rings (SSSR count). The van der Waals surface area contributed by atoms with Gasteiger partial charge in [0, 0.05) is 40.3 Å². The Bertz CT molecular complexity index is 1220. The van der Waals surface area contributed by atoms with Crippen LogP contribution in [0.4, 0.5) is 0 Å². The second kappa shape index (κ2) is 8.04. The summed E-state index contributed by atoms with van der Waals surface area (Å²) in [5.41, 5.74) is 3.11. The van der Waals surface area contributed by atoms with Crippen LogP contribution in [0.3, 0.4) is 0 Å². The van der Waals surface area contributed by atoms with E-state index in [4.69, 9.17) is 0 Å². The molecule has 0 unspecified atom stereocenters. The van der Waals surface area contributed by atoms with Crippen molar-refractivity contribution in [2.75, 3.05) is 0 Å². The molecule has 0 fully saturated rings. The molecule has 3 heteroatoms. The molecule has 3 nitrogen and oxygen atoms in total. The van der Waals surface area contributed by atoms with E-state index in [0.717, 1.165) is 40.2 Å². The van der Waals surface area contributed by atoms with Gasteiger partial charge in [-0.25, -0.2) is 0 Å². The van der Waals surface area contributed by atoms with Gasteiger partial charge in [0.1, 0.15) is 0 Å². The fraction of sp³-hybridized carbons (Fsp3) is 0.231. The van der Waals surface area contributed by atoms with E-state index >= 15 is 0 Å². The number of nitrogens with zero attached hydrogens (tertiary/aromatic N) is 1. The Hall–Kier alpha value is -3.20. The molecule has 0 atom stereocenters. The summed E-state index contributed by atoms with van der Waals surface area (Å²) in [6, 6.07) is 19.3. The maximum Gasteiger partial charge on any atom is 0.195 e. The summed E-state index contributed by atoms with van der Waals surface area (Å²) in [6.45, 7) is 4.66. The first kappa shape index (κ1) is 19.1. The molecule has 1 aromatic heterocycles. The average molecular weight is 383 g/mol. The molecule has 0 saturated heterocycles. The Morgan fingerprint density at radius 2 is 1.38 bits per heavy atom. The number of benzene rings is 3. The zero-order valence-electron chi connectivity index (χ0n) is 16.9. The van der Waals surface area contributed by atoms with Gasteiger partial charge in [-0.3, -0.25) is 9.59 Å². The monoisotopic (exact) mass is 383 g/mol. The van der Waals surface area contributed by atoms with Crippen LogP contribution in [0.15, 0.2) is 66.9 Å². The molecular formula is C26H25NO2. The number of hydrogen-bond donors (Lipinski definition) is 0. The van der Waals surface area contributed by atoms with Gasteiger partial charge in [0.2, 0.25) is 0 Å². The number of rotatable bonds is 7. The molecule has 0 bridgehead atoms. The minimum atomic E-state index is 0.00161. The number of para-hydroxylation sites is 1. The molecule has 146 valence electrons. The van der Waals surface area contributed by atoms with E-state index in [2.05, 4.69) is 17.6 Å². The summed E-state index contributed by atoms with van der Waals surface area (Å²) in [7, 11) is 0. The lowest BCUT2D eigenvalue weighted by Crippen LogP contribution is -2.04. The Kier molecular flexibility index (Phi) is 5.30. The van der Waals surface area contributed by atoms with Crippen molar-refractivity contribution < 1.29 is 9.59 Å². The summed E-state index contributed by atoms with van der Waals surface area (Å²) >= 11 is 0. The van der Waals surface area contributed by atoms with Crippen molar-refractivity contribution in [3.05, 3.63) is 83.6 Å². The van der Waals surface area contributed by atoms with Gasteiger partial charge >= 0.3 is 0 Å². The molecule has 4 aromatic rings. The first-order valence-corrected chi connectivity index (χ1v) is 10.3. The van der Waals surface area contributed by atoms with E-state index < -0.39 is 0 Å². The lowest BCUT2D eigenvalue weighted by Gasteiger charge is -2.09. The van der Waals surface area contributed by atoms with E-state index in [1.807, 2.05) is 48.7 Å². The van der Waals surface area contributed by atoms with Gasteiger partial charge in [-0.05, 0) is 36.2 Å². The predicted molar refractivity (Wildman–Crippen MR) is 119 cm³/mol. The number of Topliss-reactive ketones (excluding diaryl/α,β-unsaturated/α-hetero) is 1. The third kappa shape index (κ3) is 3.49. The zero-order valence-corrected chi connectivity index (χ0v) is 16.9. The van der Waals surface area contributed by atoms with Crippen molar-refractivity contribution in [2.45, 2.75) is 39.7 Å². The van der Waals surface area contributed by atoms with Gasteiger partial charge in [0.05, 0.1) is 0 Å². The van der Waals surface area contributed by atoms with Crippen LogP contribution >= 0.6 is 0 Å². The fourth-order valence-electron chi connectivity index (χ4n) is 4.09. The summed E-state index contributed by atoms with van der Waals surface area (Å²) in [5.74, 6) is 0.00877. The number of carbonyl (C=O) groups excluding carboxylic acids is 2. The molecule has 0 N–H and O–H groups in total. The van der Waals surface area contributed by atoms with Crippen LogP contribution in [0.25, 0.3) is 21.7 Å². The molecule has 29 heavy (non-hydrogen) atoms. The highest BCUT2D eigenvalue weighted by atomic mass is 16.1. The molecular weight excluding hydrogens is 358 g/mol. The largest absolute Gasteiger partial charge is 0.347 e. The Morgan fingerprint density at radius 1 is 0.759 bits per heavy atom. The first-order valence-electron chi connectivity index (χ1n) is 10.3. The smallest absolute Gasteiger partial charge is 0.195 e. The van der Waals surface area contributed by atoms with Crippen molar-refractivity contribution in [3.63, 3.8) is 0 Å². The third-order valence-corrected chi connectivity index (χ3v) is 5.58. The molecule has 0 spiro atoms. The lowest BCUT2D eigenvalue weighted by molar-refractivity contribution is 0.101. The van der Waals surface area contributed by atoms with Crippen molar-refractivity contribution in [3.8, 4) is 0 Å². The Morgan fingerprint density at radius 3 is 2.07 bits per heavy atom. The summed E-state index contributed by atoms with van der Waals surface area (Å²) in [4.78, 5) is 25.6. The highest BCUT2D eigenvalue weighted by Crippen LogP contribution is 2.29. The normalized spacial score (nSPS) is 11.2. The van der Waals surface area contributed by atoms with E-state index in [-0.39, 0.29) is 11.6 Å². The minimum absolute atomic E-state index is 0.00161. The first-order chi connectivity index (χ1) is 14.1. The van der Waals surface area contributed by atoms with Gasteiger partial charge < -0.3 is 4.57 Å². The predicted octanol–water partition coefficient (Wildman–Crippen LogP) is 6.42. The van der Waals surface area contributed by atoms with Crippen LogP contribution in [0.2, 0.25) is 0 Å². The van der Waals surface area contributed by atoms with Crippen molar-refractivity contribution in [2.24, 2.45) is 0 Å². The van der Waals surface area contributed by atoms with E-state index in [1.54, 1.807) is 19.1 Å². The van der Waals surface area contributed by atoms with E-state index in [0.29, 0.717) is 11.1 Å². The van der Waals surface area contributed by atoms with Crippen molar-refractivity contribution in [1.29, 1.82) is 0 Å². The Balaban J connectivity index is 1.85. The molecule has 0 aliphatic carbocycles. The highest BCUT2D eigenvalue weighted by Gasteiger charge is 2.20. The van der Waals surface area contributed by atoms with Crippen LogP contribution in [-0.4, -0.2) is 16.1 Å². The molecule has 3 aromatic carbocycles. The number of aromatic nitrogens is 1. The molecule has 0 radical (unpaired) electrons. The summed E-state index contributed by atoms with van der Waals surface area (Å²) in [5, 5.41) is 2.64. The van der Waals surface area contributed by atoms with Gasteiger partial charge in [-0.1, -0.05) is 68.3 Å². The average Bonchev–Trinajstić information content (AvgIpc) is 3.11. The van der Waals surface area contributed by atoms with Crippen molar-refractivity contribution in [1.82, 2.24) is 4.57 Å². The Labute approximate surface area is 171 Å². The SMILES string of the molecule is CCCCCn1cc(C(=O)c2ccc(C(C)=O)c3ccccc23)c2ccccc21. The number of fused-ring (bicyclic) bond motifs is 2. The van der Waals surface area contributed by atoms with Gasteiger partial charge in [-0.15, -0.1) is 0 Å². The van der Waals surface area contributed by atoms with Crippen LogP contribution in [0.5, 0.6) is 0 Å². The van der Waals surface area contributed by atoms with E-state index in [1.165, 1.54) is 12.8 Å². The number of hydrogen-bond acceptors (Lipinski definition) is 2. The second-order valence-electron chi connectivity index (χ2n) is 7.55. The zero-order chi connectivity index (χ0) is 20.4. The molecule has 0 amide bonds. The quantitative estimate of drug-likeness (QED) is 0.273. The lowest BCUT2D eigenvalue weighted by atomic mass is 9.93. The number of unbranched alkanes of at least 4 members (excludes halogenated alkanes) is 2. The van der Waals surface area contributed by atoms with Gasteiger partial charge in [0.25, 0.3) is 0 Å². The molecule has 1 heterocycles. The maximum atomic E-state index is 13.6. The van der Waals surface area contributed by atoms with Crippen LogP contribution < -0.4 is 0 Å². The third-order valence-electron chi connectivity index (χ3n) is 5.58. The highest BCUT2D eigenvalue weighted by molar-refractivity contribution is 6.23. The number of aryl methyl sites for hydroxylation is 1. The minimum Gasteiger partial charge on any atom is -0.347 e. The molecule has 0 aliphatic heterocycles. The van der Waals surface area contributed by atoms with Gasteiger partial charge in [-0.2, -0.15) is 0 Å². The van der Waals surface area contributed by atoms with Crippen molar-refractivity contribution >= 4 is 33.2 Å². The number of ketones is 2. The van der Waals surface area contributed by atoms with Crippen LogP contribution in [-0.2, 0) is 6.54 Å².